The Kier molecular flexibility index (Phi) is 2.98. The fourth-order valence-corrected chi connectivity index (χ4v) is 1.59. The molecule has 2 aromatic rings. The number of benzene rings is 1. The standard InChI is InChI=1S/C11H8ClF3N2O/c1-5-9(17-10(18-5)11(13,14)15)6-2-3-7(12)8(16)4-6/h2-4H,16H2,1H3. The zero-order chi connectivity index (χ0) is 13.5. The number of nitrogens with zero attached hydrogens (tertiary/aromatic N) is 1. The second-order valence-corrected chi connectivity index (χ2v) is 4.07. The van der Waals surface area contributed by atoms with Gasteiger partial charge in [-0.15, -0.1) is 0 Å². The van der Waals surface area contributed by atoms with Gasteiger partial charge in [-0.2, -0.15) is 13.2 Å². The number of nitrogen functional groups attached to an aromatic ring is 1. The van der Waals surface area contributed by atoms with E-state index in [9.17, 15) is 13.2 Å². The van der Waals surface area contributed by atoms with E-state index in [2.05, 4.69) is 9.40 Å². The molecule has 0 amide bonds. The summed E-state index contributed by atoms with van der Waals surface area (Å²) in [6.45, 7) is 1.41. The number of hydrogen-bond acceptors (Lipinski definition) is 3. The first-order chi connectivity index (χ1) is 8.29. The number of halogens is 4. The molecule has 1 aromatic carbocycles. The number of hydrogen-bond donors (Lipinski definition) is 1. The summed E-state index contributed by atoms with van der Waals surface area (Å²) < 4.78 is 41.9. The van der Waals surface area contributed by atoms with Crippen LogP contribution >= 0.6 is 11.6 Å². The summed E-state index contributed by atoms with van der Waals surface area (Å²) in [5, 5.41) is 0.330. The molecular weight excluding hydrogens is 269 g/mol. The summed E-state index contributed by atoms with van der Waals surface area (Å²) in [4.78, 5) is 3.43. The maximum absolute atomic E-state index is 12.4. The zero-order valence-corrected chi connectivity index (χ0v) is 9.93. The molecule has 0 aliphatic carbocycles. The van der Waals surface area contributed by atoms with Crippen LogP contribution in [0, 0.1) is 6.92 Å². The van der Waals surface area contributed by atoms with E-state index in [1.54, 1.807) is 0 Å². The normalized spacial score (nSPS) is 11.8. The van der Waals surface area contributed by atoms with E-state index in [4.69, 9.17) is 17.3 Å². The Morgan fingerprint density at radius 3 is 2.50 bits per heavy atom. The second-order valence-electron chi connectivity index (χ2n) is 3.66. The smallest absolute Gasteiger partial charge is 0.438 e. The van der Waals surface area contributed by atoms with Crippen LogP contribution in [0.5, 0.6) is 0 Å². The molecule has 96 valence electrons. The highest BCUT2D eigenvalue weighted by Crippen LogP contribution is 2.34. The molecule has 0 unspecified atom stereocenters. The van der Waals surface area contributed by atoms with Crippen molar-refractivity contribution in [1.82, 2.24) is 4.98 Å². The van der Waals surface area contributed by atoms with Gasteiger partial charge in [-0.3, -0.25) is 0 Å². The Morgan fingerprint density at radius 2 is 2.00 bits per heavy atom. The van der Waals surface area contributed by atoms with Gasteiger partial charge in [-0.05, 0) is 19.1 Å². The molecule has 0 saturated carbocycles. The molecule has 0 aliphatic rings. The average molecular weight is 277 g/mol. The average Bonchev–Trinajstić information content (AvgIpc) is 2.64. The van der Waals surface area contributed by atoms with Crippen molar-refractivity contribution in [2.45, 2.75) is 13.1 Å². The lowest BCUT2D eigenvalue weighted by atomic mass is 10.1. The fraction of sp³-hybridized carbons (Fsp3) is 0.182. The van der Waals surface area contributed by atoms with Crippen LogP contribution in [0.15, 0.2) is 22.6 Å². The van der Waals surface area contributed by atoms with Crippen LogP contribution in [0.4, 0.5) is 18.9 Å². The van der Waals surface area contributed by atoms with Crippen LogP contribution in [0.2, 0.25) is 5.02 Å². The Labute approximate surface area is 105 Å². The minimum atomic E-state index is -4.61. The van der Waals surface area contributed by atoms with Crippen LogP contribution in [0.25, 0.3) is 11.3 Å². The van der Waals surface area contributed by atoms with Crippen LogP contribution in [-0.2, 0) is 6.18 Å². The van der Waals surface area contributed by atoms with Crippen LogP contribution in [-0.4, -0.2) is 4.98 Å². The summed E-state index contributed by atoms with van der Waals surface area (Å²) in [5.41, 5.74) is 6.38. The SMILES string of the molecule is Cc1oc(C(F)(F)F)nc1-c1ccc(Cl)c(N)c1. The Morgan fingerprint density at radius 1 is 1.33 bits per heavy atom. The number of oxazole rings is 1. The van der Waals surface area contributed by atoms with Gasteiger partial charge >= 0.3 is 12.1 Å². The van der Waals surface area contributed by atoms with Crippen molar-refractivity contribution < 1.29 is 17.6 Å². The number of anilines is 1. The first-order valence-electron chi connectivity index (χ1n) is 4.89. The first-order valence-corrected chi connectivity index (χ1v) is 5.27. The molecule has 0 saturated heterocycles. The van der Waals surface area contributed by atoms with E-state index in [-0.39, 0.29) is 17.1 Å². The molecule has 1 heterocycles. The van der Waals surface area contributed by atoms with Gasteiger partial charge in [-0.1, -0.05) is 17.7 Å². The predicted molar refractivity (Wildman–Crippen MR) is 61.1 cm³/mol. The first kappa shape index (κ1) is 12.8. The highest BCUT2D eigenvalue weighted by atomic mass is 35.5. The van der Waals surface area contributed by atoms with E-state index in [0.29, 0.717) is 10.6 Å². The molecule has 3 nitrogen and oxygen atoms in total. The third-order valence-electron chi connectivity index (χ3n) is 2.31. The number of alkyl halides is 3. The molecule has 2 N–H and O–H groups in total. The van der Waals surface area contributed by atoms with Gasteiger partial charge < -0.3 is 10.2 Å². The van der Waals surface area contributed by atoms with Crippen molar-refractivity contribution in [1.29, 1.82) is 0 Å². The van der Waals surface area contributed by atoms with E-state index in [1.165, 1.54) is 25.1 Å². The molecule has 0 aliphatic heterocycles. The third-order valence-corrected chi connectivity index (χ3v) is 2.65. The van der Waals surface area contributed by atoms with E-state index >= 15 is 0 Å². The lowest BCUT2D eigenvalue weighted by Gasteiger charge is -2.01. The Balaban J connectivity index is 2.51. The van der Waals surface area contributed by atoms with Gasteiger partial charge in [0, 0.05) is 5.56 Å². The van der Waals surface area contributed by atoms with Crippen LogP contribution < -0.4 is 5.73 Å². The van der Waals surface area contributed by atoms with Crippen molar-refractivity contribution in [3.05, 3.63) is 34.9 Å². The van der Waals surface area contributed by atoms with E-state index in [1.807, 2.05) is 0 Å². The van der Waals surface area contributed by atoms with Crippen molar-refractivity contribution in [3.63, 3.8) is 0 Å². The van der Waals surface area contributed by atoms with E-state index in [0.717, 1.165) is 0 Å². The van der Waals surface area contributed by atoms with Crippen LogP contribution in [0.3, 0.4) is 0 Å². The molecule has 18 heavy (non-hydrogen) atoms. The molecule has 2 rings (SSSR count). The largest absolute Gasteiger partial charge is 0.468 e. The molecule has 0 bridgehead atoms. The maximum Gasteiger partial charge on any atom is 0.468 e. The summed E-state index contributed by atoms with van der Waals surface area (Å²) >= 11 is 5.74. The molecule has 0 fully saturated rings. The van der Waals surface area contributed by atoms with E-state index < -0.39 is 12.1 Å². The molecular formula is C11H8ClF3N2O. The number of nitrogens with two attached hydrogens (primary N) is 1. The predicted octanol–water partition coefficient (Wildman–Crippen LogP) is 3.90. The highest BCUT2D eigenvalue weighted by Gasteiger charge is 2.38. The lowest BCUT2D eigenvalue weighted by molar-refractivity contribution is -0.157. The Hall–Kier alpha value is -1.69. The lowest BCUT2D eigenvalue weighted by Crippen LogP contribution is -2.04. The summed E-state index contributed by atoms with van der Waals surface area (Å²) in [5.74, 6) is -1.20. The van der Waals surface area contributed by atoms with Crippen molar-refractivity contribution in [3.8, 4) is 11.3 Å². The van der Waals surface area contributed by atoms with Crippen molar-refractivity contribution in [2.24, 2.45) is 0 Å². The fourth-order valence-electron chi connectivity index (χ4n) is 1.48. The molecule has 0 atom stereocenters. The topological polar surface area (TPSA) is 52.0 Å². The minimum Gasteiger partial charge on any atom is -0.438 e. The van der Waals surface area contributed by atoms with Gasteiger partial charge in [0.15, 0.2) is 0 Å². The Bertz CT molecular complexity index is 592. The van der Waals surface area contributed by atoms with Gasteiger partial charge in [-0.25, -0.2) is 4.98 Å². The van der Waals surface area contributed by atoms with Crippen molar-refractivity contribution in [2.75, 3.05) is 5.73 Å². The summed E-state index contributed by atoms with van der Waals surface area (Å²) in [6.07, 6.45) is -4.61. The quantitative estimate of drug-likeness (QED) is 0.804. The summed E-state index contributed by atoms with van der Waals surface area (Å²) in [6, 6.07) is 4.48. The zero-order valence-electron chi connectivity index (χ0n) is 9.18. The molecule has 0 spiro atoms. The molecule has 1 aromatic heterocycles. The third kappa shape index (κ3) is 2.28. The van der Waals surface area contributed by atoms with Gasteiger partial charge in [0.25, 0.3) is 0 Å². The van der Waals surface area contributed by atoms with Gasteiger partial charge in [0.1, 0.15) is 11.5 Å². The minimum absolute atomic E-state index is 0.0732. The van der Waals surface area contributed by atoms with Crippen LogP contribution in [0.1, 0.15) is 11.7 Å². The monoisotopic (exact) mass is 276 g/mol. The summed E-state index contributed by atoms with van der Waals surface area (Å²) in [7, 11) is 0. The van der Waals surface area contributed by atoms with Crippen molar-refractivity contribution >= 4 is 17.3 Å². The highest BCUT2D eigenvalue weighted by molar-refractivity contribution is 6.33. The number of rotatable bonds is 1. The number of aryl methyl sites for hydroxylation is 1. The maximum atomic E-state index is 12.4. The second kappa shape index (κ2) is 4.20. The van der Waals surface area contributed by atoms with Gasteiger partial charge in [0.2, 0.25) is 0 Å². The van der Waals surface area contributed by atoms with Gasteiger partial charge in [0.05, 0.1) is 10.7 Å². The number of aromatic nitrogens is 1. The molecule has 0 radical (unpaired) electrons. The molecule has 7 heteroatoms.